The predicted molar refractivity (Wildman–Crippen MR) is 177 cm³/mol. The smallest absolute Gasteiger partial charge is 0.408 e. The van der Waals surface area contributed by atoms with E-state index < -0.39 is 23.6 Å². The highest BCUT2D eigenvalue weighted by Crippen LogP contribution is 2.25. The Morgan fingerprint density at radius 3 is 2.23 bits per heavy atom. The number of aromatic nitrogens is 4. The van der Waals surface area contributed by atoms with E-state index in [1.807, 2.05) is 24.5 Å². The number of fused-ring (bicyclic) bond motifs is 1. The van der Waals surface area contributed by atoms with Gasteiger partial charge in [0.1, 0.15) is 23.6 Å². The standard InChI is InChI=1S/C36H36N6O5/c1-22(2)42-20-29(28-19-38-21-39-33(28)42)32(44)26-16-27(18-37-17-26)40-34(45)30(41-35(46)47-36(3,4)5)15-23-11-13-25(14-12-23)31(43)24-9-7-6-8-10-24/h6-14,16-22,30H,15H2,1-5H3,(H,40,45)(H,41,46)/t30-/m0/s1. The van der Waals surface area contributed by atoms with Gasteiger partial charge in [0.15, 0.2) is 11.6 Å². The molecule has 5 aromatic rings. The third kappa shape index (κ3) is 7.93. The first-order valence-corrected chi connectivity index (χ1v) is 15.2. The molecule has 0 aliphatic carbocycles. The van der Waals surface area contributed by atoms with Crippen LogP contribution in [0, 0.1) is 0 Å². The van der Waals surface area contributed by atoms with E-state index in [-0.39, 0.29) is 35.3 Å². The second-order valence-electron chi connectivity index (χ2n) is 12.4. The summed E-state index contributed by atoms with van der Waals surface area (Å²) in [7, 11) is 0. The van der Waals surface area contributed by atoms with Gasteiger partial charge < -0.3 is 19.9 Å². The van der Waals surface area contributed by atoms with Crippen molar-refractivity contribution in [1.82, 2.24) is 24.8 Å². The number of ketones is 2. The number of nitrogens with one attached hydrogen (secondary N) is 2. The molecule has 0 aliphatic heterocycles. The molecular weight excluding hydrogens is 596 g/mol. The van der Waals surface area contributed by atoms with E-state index >= 15 is 0 Å². The number of pyridine rings is 1. The van der Waals surface area contributed by atoms with Crippen LogP contribution in [0.5, 0.6) is 0 Å². The fourth-order valence-electron chi connectivity index (χ4n) is 5.02. The minimum Gasteiger partial charge on any atom is -0.444 e. The molecule has 0 aliphatic rings. The number of ether oxygens (including phenoxy) is 1. The van der Waals surface area contributed by atoms with Crippen molar-refractivity contribution in [2.24, 2.45) is 0 Å². The topological polar surface area (TPSA) is 145 Å². The molecule has 0 spiro atoms. The summed E-state index contributed by atoms with van der Waals surface area (Å²) in [5.41, 5.74) is 2.56. The average molecular weight is 633 g/mol. The number of amides is 2. The number of alkyl carbamates (subject to hydrolysis) is 1. The van der Waals surface area contributed by atoms with Crippen LogP contribution >= 0.6 is 0 Å². The van der Waals surface area contributed by atoms with Gasteiger partial charge >= 0.3 is 6.09 Å². The lowest BCUT2D eigenvalue weighted by Gasteiger charge is -2.23. The number of carbonyl (C=O) groups is 4. The molecule has 0 saturated carbocycles. The Morgan fingerprint density at radius 2 is 1.55 bits per heavy atom. The van der Waals surface area contributed by atoms with Gasteiger partial charge in [-0.3, -0.25) is 19.4 Å². The molecule has 2 N–H and O–H groups in total. The van der Waals surface area contributed by atoms with Crippen molar-refractivity contribution < 1.29 is 23.9 Å². The van der Waals surface area contributed by atoms with Crippen molar-refractivity contribution in [1.29, 1.82) is 0 Å². The molecule has 2 amide bonds. The molecule has 0 radical (unpaired) electrons. The van der Waals surface area contributed by atoms with E-state index in [0.717, 1.165) is 0 Å². The molecule has 5 rings (SSSR count). The summed E-state index contributed by atoms with van der Waals surface area (Å²) < 4.78 is 7.32. The lowest BCUT2D eigenvalue weighted by molar-refractivity contribution is -0.118. The highest BCUT2D eigenvalue weighted by atomic mass is 16.6. The summed E-state index contributed by atoms with van der Waals surface area (Å²) in [5, 5.41) is 6.05. The summed E-state index contributed by atoms with van der Waals surface area (Å²) in [5.74, 6) is -0.973. The zero-order chi connectivity index (χ0) is 33.7. The van der Waals surface area contributed by atoms with Gasteiger partial charge in [-0.25, -0.2) is 14.8 Å². The van der Waals surface area contributed by atoms with Crippen molar-refractivity contribution >= 4 is 40.3 Å². The fraction of sp³-hybridized carbons (Fsp3) is 0.250. The SMILES string of the molecule is CC(C)n1cc(C(=O)c2cncc(NC(=O)[C@H](Cc3ccc(C(=O)c4ccccc4)cc3)NC(=O)OC(C)(C)C)c2)c2cncnc21. The quantitative estimate of drug-likeness (QED) is 0.180. The fourth-order valence-corrected chi connectivity index (χ4v) is 5.02. The molecule has 0 bridgehead atoms. The van der Waals surface area contributed by atoms with E-state index in [1.54, 1.807) is 81.7 Å². The zero-order valence-electron chi connectivity index (χ0n) is 26.9. The molecule has 0 fully saturated rings. The van der Waals surface area contributed by atoms with Gasteiger partial charge in [0.25, 0.3) is 0 Å². The van der Waals surface area contributed by atoms with Crippen molar-refractivity contribution in [3.63, 3.8) is 0 Å². The van der Waals surface area contributed by atoms with Crippen LogP contribution in [0.3, 0.4) is 0 Å². The molecule has 0 saturated heterocycles. The summed E-state index contributed by atoms with van der Waals surface area (Å²) in [6, 6.07) is 16.3. The largest absolute Gasteiger partial charge is 0.444 e. The van der Waals surface area contributed by atoms with Crippen LogP contribution < -0.4 is 10.6 Å². The molecule has 11 heteroatoms. The van der Waals surface area contributed by atoms with Crippen LogP contribution in [-0.4, -0.2) is 54.7 Å². The molecule has 1 atom stereocenters. The summed E-state index contributed by atoms with van der Waals surface area (Å²) >= 11 is 0. The maximum Gasteiger partial charge on any atom is 0.408 e. The van der Waals surface area contributed by atoms with Crippen LogP contribution in [0.25, 0.3) is 11.0 Å². The third-order valence-electron chi connectivity index (χ3n) is 7.26. The Kier molecular flexibility index (Phi) is 9.55. The van der Waals surface area contributed by atoms with Gasteiger partial charge in [0, 0.05) is 53.1 Å². The second-order valence-corrected chi connectivity index (χ2v) is 12.4. The van der Waals surface area contributed by atoms with E-state index in [1.165, 1.54) is 24.8 Å². The lowest BCUT2D eigenvalue weighted by Crippen LogP contribution is -2.47. The van der Waals surface area contributed by atoms with Gasteiger partial charge in [0.05, 0.1) is 17.4 Å². The third-order valence-corrected chi connectivity index (χ3v) is 7.26. The minimum atomic E-state index is -1.05. The molecule has 11 nitrogen and oxygen atoms in total. The molecule has 240 valence electrons. The normalized spacial score (nSPS) is 12.0. The Balaban J connectivity index is 1.36. The number of nitrogens with zero attached hydrogens (tertiary/aromatic N) is 4. The first kappa shape index (κ1) is 32.7. The number of anilines is 1. The number of benzene rings is 2. The van der Waals surface area contributed by atoms with E-state index in [0.29, 0.717) is 33.3 Å². The second kappa shape index (κ2) is 13.7. The Hall–Kier alpha value is -5.71. The van der Waals surface area contributed by atoms with Crippen LogP contribution in [-0.2, 0) is 16.0 Å². The molecule has 3 aromatic heterocycles. The van der Waals surface area contributed by atoms with Crippen molar-refractivity contribution in [3.8, 4) is 0 Å². The zero-order valence-corrected chi connectivity index (χ0v) is 26.9. The van der Waals surface area contributed by atoms with Gasteiger partial charge in [0.2, 0.25) is 5.91 Å². The monoisotopic (exact) mass is 632 g/mol. The first-order chi connectivity index (χ1) is 22.4. The highest BCUT2D eigenvalue weighted by molar-refractivity contribution is 6.16. The number of carbonyl (C=O) groups excluding carboxylic acids is 4. The maximum atomic E-state index is 13.6. The Bertz CT molecular complexity index is 1930. The van der Waals surface area contributed by atoms with Gasteiger partial charge in [-0.1, -0.05) is 54.6 Å². The summed E-state index contributed by atoms with van der Waals surface area (Å²) in [6.07, 6.45) is 6.97. The van der Waals surface area contributed by atoms with Crippen LogP contribution in [0.15, 0.2) is 91.8 Å². The Labute approximate surface area is 272 Å². The van der Waals surface area contributed by atoms with E-state index in [2.05, 4.69) is 25.6 Å². The van der Waals surface area contributed by atoms with Crippen LogP contribution in [0.2, 0.25) is 0 Å². The lowest BCUT2D eigenvalue weighted by atomic mass is 9.99. The predicted octanol–water partition coefficient (Wildman–Crippen LogP) is 5.94. The number of hydrogen-bond acceptors (Lipinski definition) is 8. The van der Waals surface area contributed by atoms with E-state index in [4.69, 9.17) is 4.74 Å². The van der Waals surface area contributed by atoms with Gasteiger partial charge in [-0.05, 0) is 46.2 Å². The highest BCUT2D eigenvalue weighted by Gasteiger charge is 2.26. The molecule has 47 heavy (non-hydrogen) atoms. The van der Waals surface area contributed by atoms with Crippen molar-refractivity contribution in [3.05, 3.63) is 120 Å². The molecule has 3 heterocycles. The van der Waals surface area contributed by atoms with Crippen molar-refractivity contribution in [2.45, 2.75) is 58.7 Å². The first-order valence-electron chi connectivity index (χ1n) is 15.2. The summed E-state index contributed by atoms with van der Waals surface area (Å²) in [4.78, 5) is 65.5. The number of rotatable bonds is 10. The summed E-state index contributed by atoms with van der Waals surface area (Å²) in [6.45, 7) is 9.16. The number of hydrogen-bond donors (Lipinski definition) is 2. The molecule has 2 aromatic carbocycles. The van der Waals surface area contributed by atoms with Gasteiger partial charge in [-0.2, -0.15) is 0 Å². The van der Waals surface area contributed by atoms with Gasteiger partial charge in [-0.15, -0.1) is 0 Å². The Morgan fingerprint density at radius 1 is 0.851 bits per heavy atom. The molecular formula is C36H36N6O5. The van der Waals surface area contributed by atoms with Crippen LogP contribution in [0.4, 0.5) is 10.5 Å². The van der Waals surface area contributed by atoms with Crippen LogP contribution in [0.1, 0.15) is 78.1 Å². The van der Waals surface area contributed by atoms with E-state index in [9.17, 15) is 19.2 Å². The molecule has 0 unspecified atom stereocenters. The maximum absolute atomic E-state index is 13.6. The average Bonchev–Trinajstić information content (AvgIpc) is 3.44. The minimum absolute atomic E-state index is 0.0626. The van der Waals surface area contributed by atoms with Crippen molar-refractivity contribution in [2.75, 3.05) is 5.32 Å².